The first kappa shape index (κ1) is 24.5. The van der Waals surface area contributed by atoms with Gasteiger partial charge in [0.05, 0.1) is 29.3 Å². The van der Waals surface area contributed by atoms with E-state index in [1.165, 1.54) is 19.2 Å². The number of nitrogens with one attached hydrogen (secondary N) is 3. The van der Waals surface area contributed by atoms with Gasteiger partial charge in [0.1, 0.15) is 11.6 Å². The van der Waals surface area contributed by atoms with Gasteiger partial charge in [0, 0.05) is 49.4 Å². The summed E-state index contributed by atoms with van der Waals surface area (Å²) in [4.78, 5) is 17.5. The molecule has 0 amide bonds. The van der Waals surface area contributed by atoms with Crippen LogP contribution in [0.2, 0.25) is 0 Å². The summed E-state index contributed by atoms with van der Waals surface area (Å²) in [7, 11) is 5.57. The fourth-order valence-electron chi connectivity index (χ4n) is 4.43. The van der Waals surface area contributed by atoms with Crippen molar-refractivity contribution in [1.29, 1.82) is 0 Å². The molecular formula is C25H30N6O3S. The van der Waals surface area contributed by atoms with E-state index in [0.717, 1.165) is 48.1 Å². The molecule has 0 saturated heterocycles. The third kappa shape index (κ3) is 5.89. The van der Waals surface area contributed by atoms with E-state index in [9.17, 15) is 10.1 Å². The fourth-order valence-corrected chi connectivity index (χ4v) is 4.71. The second-order valence-electron chi connectivity index (χ2n) is 8.87. The molecule has 35 heavy (non-hydrogen) atoms. The first-order valence-corrected chi connectivity index (χ1v) is 12.0. The van der Waals surface area contributed by atoms with Gasteiger partial charge in [-0.2, -0.15) is 0 Å². The van der Waals surface area contributed by atoms with Crippen LogP contribution in [0, 0.1) is 10.1 Å². The van der Waals surface area contributed by atoms with Crippen molar-refractivity contribution in [3.05, 3.63) is 58.6 Å². The minimum Gasteiger partial charge on any atom is -0.494 e. The Bertz CT molecular complexity index is 1230. The molecular weight excluding hydrogens is 464 g/mol. The highest BCUT2D eigenvalue weighted by atomic mass is 32.1. The normalized spacial score (nSPS) is 17.5. The van der Waals surface area contributed by atoms with Crippen LogP contribution in [0.1, 0.15) is 25.7 Å². The van der Waals surface area contributed by atoms with Crippen molar-refractivity contribution < 1.29 is 9.66 Å². The molecule has 10 heteroatoms. The summed E-state index contributed by atoms with van der Waals surface area (Å²) in [5.41, 5.74) is 2.68. The number of thiocarbonyl (C=S) groups is 1. The molecule has 184 valence electrons. The molecule has 1 heterocycles. The van der Waals surface area contributed by atoms with Crippen LogP contribution in [0.4, 0.5) is 22.9 Å². The van der Waals surface area contributed by atoms with E-state index in [2.05, 4.69) is 33.0 Å². The zero-order valence-corrected chi connectivity index (χ0v) is 20.9. The number of hydrogen-bond acceptors (Lipinski definition) is 7. The third-order valence-electron chi connectivity index (χ3n) is 6.23. The number of anilines is 3. The number of para-hydroxylation sites is 1. The maximum atomic E-state index is 11.0. The maximum Gasteiger partial charge on any atom is 0.273 e. The summed E-state index contributed by atoms with van der Waals surface area (Å²) in [6, 6.07) is 15.3. The quantitative estimate of drug-likeness (QED) is 0.240. The van der Waals surface area contributed by atoms with Gasteiger partial charge < -0.3 is 25.6 Å². The molecule has 0 atom stereocenters. The highest BCUT2D eigenvalue weighted by Crippen LogP contribution is 2.30. The molecule has 0 aliphatic heterocycles. The number of rotatable bonds is 7. The molecule has 1 aromatic heterocycles. The molecule has 3 aromatic rings. The molecule has 4 rings (SSSR count). The van der Waals surface area contributed by atoms with Crippen LogP contribution in [0.25, 0.3) is 10.9 Å². The van der Waals surface area contributed by atoms with E-state index < -0.39 is 4.92 Å². The standard InChI is InChI=1S/C25H30N6O3S/c1-30(2)22-15-24(28-20-7-5-4-6-19(20)22)26-16-8-10-17(11-9-16)27-25(35)29-21-13-12-18(31(32)33)14-23(21)34-3/h4-7,12-17H,8-11H2,1-3H3,(H,26,28)(H2,27,29,35)/t16-,17+. The SMILES string of the molecule is COc1cc([N+](=O)[O-])ccc1NC(=S)N[C@H]1CC[C@@H](Nc2cc(N(C)C)c3ccccc3n2)CC1. The van der Waals surface area contributed by atoms with Gasteiger partial charge in [0.15, 0.2) is 5.11 Å². The van der Waals surface area contributed by atoms with Crippen molar-refractivity contribution in [2.45, 2.75) is 37.8 Å². The zero-order valence-electron chi connectivity index (χ0n) is 20.1. The summed E-state index contributed by atoms with van der Waals surface area (Å²) < 4.78 is 5.28. The highest BCUT2D eigenvalue weighted by Gasteiger charge is 2.23. The van der Waals surface area contributed by atoms with Gasteiger partial charge in [0.25, 0.3) is 5.69 Å². The molecule has 0 bridgehead atoms. The van der Waals surface area contributed by atoms with Crippen molar-refractivity contribution in [1.82, 2.24) is 10.3 Å². The van der Waals surface area contributed by atoms with Crippen LogP contribution in [-0.4, -0.2) is 48.3 Å². The smallest absolute Gasteiger partial charge is 0.273 e. The number of nitro groups is 1. The molecule has 2 aromatic carbocycles. The molecule has 1 aliphatic rings. The van der Waals surface area contributed by atoms with Gasteiger partial charge in [-0.3, -0.25) is 10.1 Å². The monoisotopic (exact) mass is 494 g/mol. The summed E-state index contributed by atoms with van der Waals surface area (Å²) in [6.07, 6.45) is 3.91. The minimum atomic E-state index is -0.454. The number of nitrogens with zero attached hydrogens (tertiary/aromatic N) is 3. The van der Waals surface area contributed by atoms with Crippen LogP contribution < -0.4 is 25.6 Å². The molecule has 0 spiro atoms. The van der Waals surface area contributed by atoms with E-state index in [4.69, 9.17) is 21.9 Å². The first-order chi connectivity index (χ1) is 16.8. The predicted octanol–water partition coefficient (Wildman–Crippen LogP) is 4.93. The lowest BCUT2D eigenvalue weighted by molar-refractivity contribution is -0.384. The lowest BCUT2D eigenvalue weighted by Gasteiger charge is -2.31. The predicted molar refractivity (Wildman–Crippen MR) is 145 cm³/mol. The summed E-state index contributed by atoms with van der Waals surface area (Å²) >= 11 is 5.48. The van der Waals surface area contributed by atoms with Gasteiger partial charge >= 0.3 is 0 Å². The number of pyridine rings is 1. The van der Waals surface area contributed by atoms with Gasteiger partial charge in [-0.25, -0.2) is 4.98 Å². The Morgan fingerprint density at radius 2 is 1.83 bits per heavy atom. The van der Waals surface area contributed by atoms with Crippen molar-refractivity contribution in [3.8, 4) is 5.75 Å². The number of hydrogen-bond donors (Lipinski definition) is 3. The summed E-state index contributed by atoms with van der Waals surface area (Å²) in [5.74, 6) is 1.27. The molecule has 9 nitrogen and oxygen atoms in total. The fraction of sp³-hybridized carbons (Fsp3) is 0.360. The number of methoxy groups -OCH3 is 1. The summed E-state index contributed by atoms with van der Waals surface area (Å²) in [5, 5.41) is 22.7. The van der Waals surface area contributed by atoms with Crippen LogP contribution >= 0.6 is 12.2 Å². The average molecular weight is 495 g/mol. The van der Waals surface area contributed by atoms with E-state index in [1.54, 1.807) is 6.07 Å². The van der Waals surface area contributed by atoms with Gasteiger partial charge in [-0.1, -0.05) is 18.2 Å². The summed E-state index contributed by atoms with van der Waals surface area (Å²) in [6.45, 7) is 0. The van der Waals surface area contributed by atoms with Gasteiger partial charge in [-0.15, -0.1) is 0 Å². The van der Waals surface area contributed by atoms with Crippen molar-refractivity contribution >= 4 is 51.1 Å². The van der Waals surface area contributed by atoms with Crippen molar-refractivity contribution in [2.75, 3.05) is 36.7 Å². The second kappa shape index (κ2) is 10.7. The minimum absolute atomic E-state index is 0.0318. The van der Waals surface area contributed by atoms with Gasteiger partial charge in [0.2, 0.25) is 0 Å². The van der Waals surface area contributed by atoms with Crippen molar-refractivity contribution in [2.24, 2.45) is 0 Å². The number of non-ortho nitro benzene ring substituents is 1. The second-order valence-corrected chi connectivity index (χ2v) is 9.28. The van der Waals surface area contributed by atoms with E-state index in [-0.39, 0.29) is 11.7 Å². The Labute approximate surface area is 210 Å². The number of benzene rings is 2. The number of aromatic nitrogens is 1. The Hall–Kier alpha value is -3.66. The maximum absolute atomic E-state index is 11.0. The van der Waals surface area contributed by atoms with Crippen LogP contribution in [-0.2, 0) is 0 Å². The number of ether oxygens (including phenoxy) is 1. The molecule has 1 saturated carbocycles. The number of fused-ring (bicyclic) bond motifs is 1. The van der Waals surface area contributed by atoms with Crippen LogP contribution in [0.5, 0.6) is 5.75 Å². The third-order valence-corrected chi connectivity index (χ3v) is 6.45. The Morgan fingerprint density at radius 3 is 2.51 bits per heavy atom. The van der Waals surface area contributed by atoms with E-state index in [1.807, 2.05) is 32.3 Å². The lowest BCUT2D eigenvalue weighted by atomic mass is 9.91. The molecule has 1 fully saturated rings. The van der Waals surface area contributed by atoms with Crippen LogP contribution in [0.15, 0.2) is 48.5 Å². The Kier molecular flexibility index (Phi) is 7.50. The molecule has 0 unspecified atom stereocenters. The molecule has 1 aliphatic carbocycles. The number of nitro benzene ring substituents is 1. The van der Waals surface area contributed by atoms with E-state index >= 15 is 0 Å². The van der Waals surface area contributed by atoms with Crippen LogP contribution in [0.3, 0.4) is 0 Å². The van der Waals surface area contributed by atoms with E-state index in [0.29, 0.717) is 22.6 Å². The Balaban J connectivity index is 1.32. The molecule has 3 N–H and O–H groups in total. The largest absolute Gasteiger partial charge is 0.494 e. The van der Waals surface area contributed by atoms with Crippen molar-refractivity contribution in [3.63, 3.8) is 0 Å². The van der Waals surface area contributed by atoms with Gasteiger partial charge in [-0.05, 0) is 50.0 Å². The average Bonchev–Trinajstić information content (AvgIpc) is 2.84. The topological polar surface area (TPSA) is 105 Å². The Morgan fingerprint density at radius 1 is 1.11 bits per heavy atom. The zero-order chi connectivity index (χ0) is 24.9. The lowest BCUT2D eigenvalue weighted by Crippen LogP contribution is -2.42. The first-order valence-electron chi connectivity index (χ1n) is 11.6. The highest BCUT2D eigenvalue weighted by molar-refractivity contribution is 7.80. The molecule has 0 radical (unpaired) electrons.